The molecule has 1 saturated heterocycles. The van der Waals surface area contributed by atoms with E-state index in [1.807, 2.05) is 19.9 Å². The van der Waals surface area contributed by atoms with E-state index in [1.54, 1.807) is 0 Å². The summed E-state index contributed by atoms with van der Waals surface area (Å²) < 4.78 is 0. The van der Waals surface area contributed by atoms with Gasteiger partial charge in [-0.25, -0.2) is 4.98 Å². The Balaban J connectivity index is 2.27. The monoisotopic (exact) mass is 316 g/mol. The molecule has 0 saturated carbocycles. The zero-order valence-corrected chi connectivity index (χ0v) is 14.7. The first-order valence-electron chi connectivity index (χ1n) is 8.38. The fourth-order valence-corrected chi connectivity index (χ4v) is 3.71. The first-order valence-corrected chi connectivity index (χ1v) is 8.38. The lowest BCUT2D eigenvalue weighted by atomic mass is 9.87. The number of aliphatic hydroxyl groups is 1. The Labute approximate surface area is 139 Å². The van der Waals surface area contributed by atoms with Crippen LogP contribution in [0.3, 0.4) is 0 Å². The van der Waals surface area contributed by atoms with Gasteiger partial charge in [0.25, 0.3) is 0 Å². The highest BCUT2D eigenvalue weighted by Crippen LogP contribution is 2.30. The first kappa shape index (κ1) is 17.7. The van der Waals surface area contributed by atoms with Crippen molar-refractivity contribution in [2.45, 2.75) is 39.2 Å². The second-order valence-corrected chi connectivity index (χ2v) is 6.78. The molecule has 1 aliphatic heterocycles. The summed E-state index contributed by atoms with van der Waals surface area (Å²) in [6.07, 6.45) is 2.89. The predicted octanol–water partition coefficient (Wildman–Crippen LogP) is 2.10. The lowest BCUT2D eigenvalue weighted by Crippen LogP contribution is -2.49. The predicted molar refractivity (Wildman–Crippen MR) is 92.5 cm³/mol. The Hall–Kier alpha value is -1.64. The van der Waals surface area contributed by atoms with Gasteiger partial charge in [0.2, 0.25) is 0 Å². The molecule has 0 radical (unpaired) electrons. The average molecular weight is 316 g/mol. The Morgan fingerprint density at radius 3 is 2.78 bits per heavy atom. The van der Waals surface area contributed by atoms with Crippen molar-refractivity contribution in [2.75, 3.05) is 38.7 Å². The van der Waals surface area contributed by atoms with Crippen molar-refractivity contribution >= 4 is 5.82 Å². The van der Waals surface area contributed by atoms with E-state index in [0.717, 1.165) is 49.4 Å². The van der Waals surface area contributed by atoms with Crippen LogP contribution in [0.15, 0.2) is 6.07 Å². The van der Waals surface area contributed by atoms with Gasteiger partial charge in [0.1, 0.15) is 11.9 Å². The van der Waals surface area contributed by atoms with Crippen LogP contribution in [-0.4, -0.2) is 54.8 Å². The zero-order chi connectivity index (χ0) is 17.0. The van der Waals surface area contributed by atoms with Gasteiger partial charge >= 0.3 is 0 Å². The van der Waals surface area contributed by atoms with Crippen molar-refractivity contribution in [3.63, 3.8) is 0 Å². The van der Waals surface area contributed by atoms with Gasteiger partial charge in [-0.3, -0.25) is 0 Å². The van der Waals surface area contributed by atoms with Crippen LogP contribution in [0.5, 0.6) is 0 Å². The summed E-state index contributed by atoms with van der Waals surface area (Å²) in [7, 11) is 4.25. The van der Waals surface area contributed by atoms with E-state index in [2.05, 4.69) is 34.9 Å². The van der Waals surface area contributed by atoms with Crippen LogP contribution in [0.2, 0.25) is 0 Å². The van der Waals surface area contributed by atoms with Crippen LogP contribution in [0.25, 0.3) is 0 Å². The molecule has 5 heteroatoms. The van der Waals surface area contributed by atoms with Crippen LogP contribution >= 0.6 is 0 Å². The average Bonchev–Trinajstić information content (AvgIpc) is 2.51. The quantitative estimate of drug-likeness (QED) is 0.901. The summed E-state index contributed by atoms with van der Waals surface area (Å²) in [4.78, 5) is 9.21. The molecular weight excluding hydrogens is 288 g/mol. The molecule has 1 N–H and O–H groups in total. The van der Waals surface area contributed by atoms with Crippen molar-refractivity contribution in [2.24, 2.45) is 5.92 Å². The number of rotatable bonds is 5. The molecule has 5 nitrogen and oxygen atoms in total. The highest BCUT2D eigenvalue weighted by atomic mass is 16.2. The van der Waals surface area contributed by atoms with Gasteiger partial charge in [0, 0.05) is 31.4 Å². The third-order valence-electron chi connectivity index (χ3n) is 4.83. The van der Waals surface area contributed by atoms with Gasteiger partial charge in [0.15, 0.2) is 0 Å². The smallest absolute Gasteiger partial charge is 0.147 e. The van der Waals surface area contributed by atoms with Crippen LogP contribution in [0, 0.1) is 31.1 Å². The van der Waals surface area contributed by atoms with Gasteiger partial charge < -0.3 is 14.9 Å². The molecule has 1 aromatic rings. The second-order valence-electron chi connectivity index (χ2n) is 6.78. The van der Waals surface area contributed by atoms with E-state index in [9.17, 15) is 10.4 Å². The van der Waals surface area contributed by atoms with Crippen LogP contribution in [0.4, 0.5) is 5.82 Å². The van der Waals surface area contributed by atoms with E-state index in [-0.39, 0.29) is 6.61 Å². The minimum Gasteiger partial charge on any atom is -0.396 e. The van der Waals surface area contributed by atoms with Crippen molar-refractivity contribution < 1.29 is 5.11 Å². The Bertz CT molecular complexity index is 579. The van der Waals surface area contributed by atoms with E-state index in [4.69, 9.17) is 0 Å². The van der Waals surface area contributed by atoms with E-state index < -0.39 is 0 Å². The third-order valence-corrected chi connectivity index (χ3v) is 4.83. The molecule has 1 fully saturated rings. The Morgan fingerprint density at radius 2 is 2.17 bits per heavy atom. The van der Waals surface area contributed by atoms with E-state index in [1.165, 1.54) is 0 Å². The lowest BCUT2D eigenvalue weighted by Gasteiger charge is -2.42. The molecule has 126 valence electrons. The van der Waals surface area contributed by atoms with Crippen LogP contribution in [0.1, 0.15) is 36.1 Å². The van der Waals surface area contributed by atoms with Gasteiger partial charge in [-0.15, -0.1) is 0 Å². The minimum absolute atomic E-state index is 0.238. The van der Waals surface area contributed by atoms with Crippen molar-refractivity contribution in [3.05, 3.63) is 22.9 Å². The first-order chi connectivity index (χ1) is 11.0. The van der Waals surface area contributed by atoms with Crippen molar-refractivity contribution in [3.8, 4) is 6.07 Å². The van der Waals surface area contributed by atoms with Crippen molar-refractivity contribution in [1.29, 1.82) is 5.26 Å². The number of hydrogen-bond donors (Lipinski definition) is 1. The maximum atomic E-state index is 9.51. The number of aromatic nitrogens is 1. The molecule has 0 aliphatic carbocycles. The standard InChI is InChI=1S/C18H28N4O/c1-13-10-14(2)20-18(16(13)11-19)22-8-7-17(21(3)4)15(12-22)6-5-9-23/h10,15,17,23H,5-9,12H2,1-4H3/t15-,17+/m1/s1. The number of aliphatic hydroxyl groups excluding tert-OH is 1. The molecular formula is C18H28N4O. The topological polar surface area (TPSA) is 63.4 Å². The van der Waals surface area contributed by atoms with Crippen LogP contribution in [-0.2, 0) is 0 Å². The SMILES string of the molecule is Cc1cc(C)c(C#N)c(N2CC[C@H](N(C)C)[C@H](CCCO)C2)n1. The number of aryl methyl sites for hydroxylation is 2. The molecule has 0 spiro atoms. The number of piperidine rings is 1. The molecule has 0 unspecified atom stereocenters. The Kier molecular flexibility index (Phi) is 5.97. The van der Waals surface area contributed by atoms with Gasteiger partial charge in [0.05, 0.1) is 5.56 Å². The number of nitrogens with zero attached hydrogens (tertiary/aromatic N) is 4. The number of pyridine rings is 1. The molecule has 2 heterocycles. The molecule has 2 rings (SSSR count). The number of nitriles is 1. The fraction of sp³-hybridized carbons (Fsp3) is 0.667. The molecule has 0 amide bonds. The normalized spacial score (nSPS) is 21.5. The summed E-state index contributed by atoms with van der Waals surface area (Å²) in [6, 6.07) is 4.82. The minimum atomic E-state index is 0.238. The number of hydrogen-bond acceptors (Lipinski definition) is 5. The van der Waals surface area contributed by atoms with Gasteiger partial charge in [-0.05, 0) is 64.8 Å². The Morgan fingerprint density at radius 1 is 1.43 bits per heavy atom. The molecule has 0 bridgehead atoms. The summed E-state index contributed by atoms with van der Waals surface area (Å²) in [5.41, 5.74) is 2.65. The number of anilines is 1. The van der Waals surface area contributed by atoms with Gasteiger partial charge in [-0.1, -0.05) is 0 Å². The third kappa shape index (κ3) is 4.01. The highest BCUT2D eigenvalue weighted by Gasteiger charge is 2.31. The maximum absolute atomic E-state index is 9.51. The largest absolute Gasteiger partial charge is 0.396 e. The molecule has 23 heavy (non-hydrogen) atoms. The fourth-order valence-electron chi connectivity index (χ4n) is 3.71. The summed E-state index contributed by atoms with van der Waals surface area (Å²) >= 11 is 0. The molecule has 1 aliphatic rings. The van der Waals surface area contributed by atoms with Crippen LogP contribution < -0.4 is 4.90 Å². The summed E-state index contributed by atoms with van der Waals surface area (Å²) in [5.74, 6) is 1.32. The molecule has 0 aromatic carbocycles. The van der Waals surface area contributed by atoms with E-state index in [0.29, 0.717) is 17.5 Å². The zero-order valence-electron chi connectivity index (χ0n) is 14.7. The maximum Gasteiger partial charge on any atom is 0.147 e. The van der Waals surface area contributed by atoms with Crippen molar-refractivity contribution in [1.82, 2.24) is 9.88 Å². The summed E-state index contributed by atoms with van der Waals surface area (Å²) in [6.45, 7) is 6.01. The summed E-state index contributed by atoms with van der Waals surface area (Å²) in [5, 5.41) is 18.7. The lowest BCUT2D eigenvalue weighted by molar-refractivity contribution is 0.161. The molecule has 2 atom stereocenters. The highest BCUT2D eigenvalue weighted by molar-refractivity contribution is 5.58. The van der Waals surface area contributed by atoms with E-state index >= 15 is 0 Å². The molecule has 1 aromatic heterocycles. The van der Waals surface area contributed by atoms with Gasteiger partial charge in [-0.2, -0.15) is 5.26 Å². The second kappa shape index (κ2) is 7.76.